The summed E-state index contributed by atoms with van der Waals surface area (Å²) in [6.45, 7) is 3.01. The Morgan fingerprint density at radius 1 is 1.12 bits per heavy atom. The minimum absolute atomic E-state index is 0.00804. The van der Waals surface area contributed by atoms with Crippen molar-refractivity contribution in [2.45, 2.75) is 13.0 Å². The van der Waals surface area contributed by atoms with Crippen LogP contribution in [0.1, 0.15) is 6.92 Å². The Morgan fingerprint density at radius 2 is 1.73 bits per heavy atom. The number of nitro groups is 1. The summed E-state index contributed by atoms with van der Waals surface area (Å²) in [6.07, 6.45) is -0.865. The van der Waals surface area contributed by atoms with Crippen LogP contribution in [0.3, 0.4) is 0 Å². The van der Waals surface area contributed by atoms with E-state index in [9.17, 15) is 14.9 Å². The molecule has 0 N–H and O–H groups in total. The topological polar surface area (TPSA) is 91.1 Å². The molecule has 136 valence electrons. The highest BCUT2D eigenvalue weighted by molar-refractivity contribution is 5.89. The van der Waals surface area contributed by atoms with Crippen molar-refractivity contribution in [2.24, 2.45) is 0 Å². The molecule has 1 aliphatic rings. The molecule has 2 aromatic carbocycles. The maximum absolute atomic E-state index is 12.1. The first-order valence-corrected chi connectivity index (χ1v) is 8.15. The van der Waals surface area contributed by atoms with Crippen LogP contribution in [-0.2, 0) is 4.74 Å². The van der Waals surface area contributed by atoms with E-state index >= 15 is 0 Å². The van der Waals surface area contributed by atoms with Crippen molar-refractivity contribution < 1.29 is 23.9 Å². The second-order valence-electron chi connectivity index (χ2n) is 5.61. The summed E-state index contributed by atoms with van der Waals surface area (Å²) in [6, 6.07) is 12.9. The minimum atomic E-state index is -0.475. The van der Waals surface area contributed by atoms with E-state index in [1.807, 2.05) is 6.92 Å². The van der Waals surface area contributed by atoms with Gasteiger partial charge in [0.25, 0.3) is 5.69 Å². The monoisotopic (exact) mass is 358 g/mol. The smallest absolute Gasteiger partial charge is 0.414 e. The molecule has 2 aromatic rings. The lowest BCUT2D eigenvalue weighted by atomic mass is 10.2. The van der Waals surface area contributed by atoms with E-state index in [0.29, 0.717) is 18.9 Å². The molecule has 26 heavy (non-hydrogen) atoms. The summed E-state index contributed by atoms with van der Waals surface area (Å²) in [4.78, 5) is 23.8. The molecular weight excluding hydrogens is 340 g/mol. The quantitative estimate of drug-likeness (QED) is 0.556. The molecule has 1 amide bonds. The van der Waals surface area contributed by atoms with Crippen LogP contribution >= 0.6 is 0 Å². The fraction of sp³-hybridized carbons (Fsp3) is 0.278. The molecule has 1 heterocycles. The van der Waals surface area contributed by atoms with Gasteiger partial charge in [0, 0.05) is 17.8 Å². The van der Waals surface area contributed by atoms with Crippen molar-refractivity contribution in [3.63, 3.8) is 0 Å². The molecule has 3 rings (SSSR count). The van der Waals surface area contributed by atoms with Gasteiger partial charge in [-0.25, -0.2) is 4.79 Å². The van der Waals surface area contributed by atoms with Crippen LogP contribution in [-0.4, -0.2) is 36.9 Å². The number of ether oxygens (including phenoxy) is 3. The van der Waals surface area contributed by atoms with Gasteiger partial charge in [0.2, 0.25) is 0 Å². The van der Waals surface area contributed by atoms with E-state index in [0.717, 1.165) is 11.4 Å². The lowest BCUT2D eigenvalue weighted by Gasteiger charge is -2.14. The van der Waals surface area contributed by atoms with Gasteiger partial charge >= 0.3 is 6.09 Å². The van der Waals surface area contributed by atoms with Crippen molar-refractivity contribution in [2.75, 3.05) is 24.7 Å². The summed E-state index contributed by atoms with van der Waals surface area (Å²) in [5, 5.41) is 10.6. The van der Waals surface area contributed by atoms with Gasteiger partial charge in [-0.15, -0.1) is 0 Å². The van der Waals surface area contributed by atoms with Crippen molar-refractivity contribution in [3.8, 4) is 11.5 Å². The van der Waals surface area contributed by atoms with E-state index in [4.69, 9.17) is 14.2 Å². The van der Waals surface area contributed by atoms with Gasteiger partial charge in [0.05, 0.1) is 18.1 Å². The second-order valence-corrected chi connectivity index (χ2v) is 5.61. The fourth-order valence-corrected chi connectivity index (χ4v) is 2.56. The van der Waals surface area contributed by atoms with E-state index < -0.39 is 17.1 Å². The highest BCUT2D eigenvalue weighted by atomic mass is 16.6. The molecule has 1 atom stereocenters. The Balaban J connectivity index is 1.56. The zero-order valence-corrected chi connectivity index (χ0v) is 14.2. The number of hydrogen-bond donors (Lipinski definition) is 0. The molecule has 1 unspecified atom stereocenters. The number of nitrogens with zero attached hydrogens (tertiary/aromatic N) is 2. The molecule has 1 saturated heterocycles. The maximum Gasteiger partial charge on any atom is 0.414 e. The molecular formula is C18H18N2O6. The van der Waals surface area contributed by atoms with Crippen molar-refractivity contribution in [3.05, 3.63) is 58.6 Å². The summed E-state index contributed by atoms with van der Waals surface area (Å²) >= 11 is 0. The summed E-state index contributed by atoms with van der Waals surface area (Å²) in [5.74, 6) is 1.22. The third-order valence-electron chi connectivity index (χ3n) is 3.82. The molecule has 1 aliphatic heterocycles. The number of hydrogen-bond acceptors (Lipinski definition) is 6. The third kappa shape index (κ3) is 4.02. The van der Waals surface area contributed by atoms with E-state index in [2.05, 4.69) is 0 Å². The number of amides is 1. The van der Waals surface area contributed by atoms with Crippen LogP contribution in [0.5, 0.6) is 11.5 Å². The van der Waals surface area contributed by atoms with Gasteiger partial charge < -0.3 is 14.2 Å². The standard InChI is InChI=1S/C18H18N2O6/c1-2-24-15-7-3-13(4-8-15)19-11-17(26-18(19)21)12-25-16-9-5-14(6-10-16)20(22)23/h3-10,17H,2,11-12H2,1H3. The Hall–Kier alpha value is -3.29. The van der Waals surface area contributed by atoms with Crippen LogP contribution in [0, 0.1) is 10.1 Å². The van der Waals surface area contributed by atoms with Crippen molar-refractivity contribution in [1.82, 2.24) is 0 Å². The van der Waals surface area contributed by atoms with Crippen LogP contribution in [0.25, 0.3) is 0 Å². The molecule has 0 saturated carbocycles. The molecule has 0 radical (unpaired) electrons. The highest BCUT2D eigenvalue weighted by Crippen LogP contribution is 2.25. The van der Waals surface area contributed by atoms with E-state index in [1.54, 1.807) is 24.3 Å². The zero-order valence-electron chi connectivity index (χ0n) is 14.2. The maximum atomic E-state index is 12.1. The van der Waals surface area contributed by atoms with E-state index in [-0.39, 0.29) is 12.3 Å². The predicted molar refractivity (Wildman–Crippen MR) is 93.8 cm³/mol. The first-order valence-electron chi connectivity index (χ1n) is 8.15. The SMILES string of the molecule is CCOc1ccc(N2CC(COc3ccc([N+](=O)[O-])cc3)OC2=O)cc1. The number of carbonyl (C=O) groups is 1. The first kappa shape index (κ1) is 17.5. The van der Waals surface area contributed by atoms with Crippen molar-refractivity contribution in [1.29, 1.82) is 0 Å². The minimum Gasteiger partial charge on any atom is -0.494 e. The highest BCUT2D eigenvalue weighted by Gasteiger charge is 2.32. The van der Waals surface area contributed by atoms with Gasteiger partial charge in [0.1, 0.15) is 18.1 Å². The molecule has 0 aromatic heterocycles. The number of nitro benzene ring substituents is 1. The molecule has 0 bridgehead atoms. The Labute approximate surface area is 150 Å². The van der Waals surface area contributed by atoms with Crippen LogP contribution < -0.4 is 14.4 Å². The molecule has 1 fully saturated rings. The molecule has 8 heteroatoms. The summed E-state index contributed by atoms with van der Waals surface area (Å²) < 4.78 is 16.3. The number of cyclic esters (lactones) is 1. The third-order valence-corrected chi connectivity index (χ3v) is 3.82. The molecule has 0 aliphatic carbocycles. The largest absolute Gasteiger partial charge is 0.494 e. The average molecular weight is 358 g/mol. The number of carbonyl (C=O) groups excluding carboxylic acids is 1. The Morgan fingerprint density at radius 3 is 2.35 bits per heavy atom. The number of non-ortho nitro benzene ring substituents is 1. The van der Waals surface area contributed by atoms with Gasteiger partial charge in [-0.05, 0) is 43.3 Å². The van der Waals surface area contributed by atoms with Crippen LogP contribution in [0.4, 0.5) is 16.2 Å². The number of benzene rings is 2. The summed E-state index contributed by atoms with van der Waals surface area (Å²) in [5.41, 5.74) is 0.711. The number of anilines is 1. The molecule has 0 spiro atoms. The molecule has 8 nitrogen and oxygen atoms in total. The Bertz CT molecular complexity index is 775. The Kier molecular flexibility index (Phi) is 5.21. The lowest BCUT2D eigenvalue weighted by Crippen LogP contribution is -2.26. The van der Waals surface area contributed by atoms with Crippen LogP contribution in [0.2, 0.25) is 0 Å². The van der Waals surface area contributed by atoms with Gasteiger partial charge in [0.15, 0.2) is 6.10 Å². The van der Waals surface area contributed by atoms with Gasteiger partial charge in [-0.3, -0.25) is 15.0 Å². The predicted octanol–water partition coefficient (Wildman–Crippen LogP) is 3.40. The second kappa shape index (κ2) is 7.73. The van der Waals surface area contributed by atoms with Crippen molar-refractivity contribution >= 4 is 17.5 Å². The fourth-order valence-electron chi connectivity index (χ4n) is 2.56. The van der Waals surface area contributed by atoms with Gasteiger partial charge in [-0.1, -0.05) is 0 Å². The normalized spacial score (nSPS) is 16.3. The van der Waals surface area contributed by atoms with Crippen LogP contribution in [0.15, 0.2) is 48.5 Å². The first-order chi connectivity index (χ1) is 12.6. The number of rotatable bonds is 7. The van der Waals surface area contributed by atoms with E-state index in [1.165, 1.54) is 29.2 Å². The summed E-state index contributed by atoms with van der Waals surface area (Å²) in [7, 11) is 0. The zero-order chi connectivity index (χ0) is 18.5. The van der Waals surface area contributed by atoms with Gasteiger partial charge in [-0.2, -0.15) is 0 Å². The average Bonchev–Trinajstić information content (AvgIpc) is 3.02. The lowest BCUT2D eigenvalue weighted by molar-refractivity contribution is -0.384.